The minimum Gasteiger partial charge on any atom is -0.338 e. The summed E-state index contributed by atoms with van der Waals surface area (Å²) < 4.78 is 0. The van der Waals surface area contributed by atoms with Crippen LogP contribution in [0.25, 0.3) is 33.5 Å². The maximum absolute atomic E-state index is 12.4. The molecule has 1 amide bonds. The van der Waals surface area contributed by atoms with E-state index in [0.29, 0.717) is 5.69 Å². The van der Waals surface area contributed by atoms with Crippen LogP contribution in [-0.2, 0) is 0 Å². The van der Waals surface area contributed by atoms with Crippen LogP contribution in [0.15, 0.2) is 83.7 Å². The first-order valence-corrected chi connectivity index (χ1v) is 10.1. The van der Waals surface area contributed by atoms with Gasteiger partial charge in [0.1, 0.15) is 11.5 Å². The van der Waals surface area contributed by atoms with E-state index in [1.807, 2.05) is 61.5 Å². The molecule has 5 aromatic rings. The van der Waals surface area contributed by atoms with Crippen molar-refractivity contribution in [1.82, 2.24) is 20.2 Å². The van der Waals surface area contributed by atoms with Gasteiger partial charge >= 0.3 is 0 Å². The number of hydrogen-bond donors (Lipinski definition) is 3. The lowest BCUT2D eigenvalue weighted by atomic mass is 10.0. The number of nitrogens with one attached hydrogen (secondary N) is 3. The standard InChI is InChI=1S/C25H19N5O2/c1-15-5-2-10-20-23(15)28-24(27-20)18-8-3-6-16(13-18)17-7-4-9-19(14-17)26-25(32)21-11-12-22(31)30-29-21/h2-14H,1H3,(H,26,32)(H,27,28)(H,30,31). The van der Waals surface area contributed by atoms with Gasteiger partial charge in [-0.1, -0.05) is 42.5 Å². The Kier molecular flexibility index (Phi) is 4.84. The molecule has 3 aromatic carbocycles. The number of imidazole rings is 1. The highest BCUT2D eigenvalue weighted by atomic mass is 16.2. The number of carbonyl (C=O) groups is 1. The lowest BCUT2D eigenvalue weighted by molar-refractivity contribution is 0.102. The zero-order valence-corrected chi connectivity index (χ0v) is 17.2. The van der Waals surface area contributed by atoms with Gasteiger partial charge in [0.15, 0.2) is 0 Å². The molecule has 7 nitrogen and oxygen atoms in total. The second kappa shape index (κ2) is 7.96. The van der Waals surface area contributed by atoms with Crippen molar-refractivity contribution in [2.24, 2.45) is 0 Å². The van der Waals surface area contributed by atoms with E-state index in [9.17, 15) is 9.59 Å². The molecule has 2 heterocycles. The first-order chi connectivity index (χ1) is 15.6. The van der Waals surface area contributed by atoms with Crippen molar-refractivity contribution in [2.45, 2.75) is 6.92 Å². The maximum atomic E-state index is 12.4. The van der Waals surface area contributed by atoms with E-state index in [0.717, 1.165) is 39.1 Å². The molecule has 0 atom stereocenters. The van der Waals surface area contributed by atoms with E-state index >= 15 is 0 Å². The first-order valence-electron chi connectivity index (χ1n) is 10.1. The Hall–Kier alpha value is -4.52. The van der Waals surface area contributed by atoms with Gasteiger partial charge in [0, 0.05) is 17.3 Å². The van der Waals surface area contributed by atoms with Crippen LogP contribution in [0.1, 0.15) is 16.1 Å². The molecule has 0 aliphatic rings. The Morgan fingerprint density at radius 2 is 1.62 bits per heavy atom. The van der Waals surface area contributed by atoms with Crippen LogP contribution in [0.4, 0.5) is 5.69 Å². The van der Waals surface area contributed by atoms with Crippen molar-refractivity contribution in [3.05, 3.63) is 100 Å². The highest BCUT2D eigenvalue weighted by Gasteiger charge is 2.10. The maximum Gasteiger partial charge on any atom is 0.276 e. The van der Waals surface area contributed by atoms with Gasteiger partial charge in [-0.2, -0.15) is 5.10 Å². The average molecular weight is 421 g/mol. The van der Waals surface area contributed by atoms with Crippen LogP contribution in [0.5, 0.6) is 0 Å². The number of rotatable bonds is 4. The average Bonchev–Trinajstić information content (AvgIpc) is 3.26. The fourth-order valence-corrected chi connectivity index (χ4v) is 3.60. The molecule has 0 bridgehead atoms. The summed E-state index contributed by atoms with van der Waals surface area (Å²) in [6.45, 7) is 2.05. The van der Waals surface area contributed by atoms with Crippen molar-refractivity contribution in [3.63, 3.8) is 0 Å². The predicted octanol–water partition coefficient (Wildman–Crippen LogP) is 4.54. The highest BCUT2D eigenvalue weighted by Crippen LogP contribution is 2.28. The van der Waals surface area contributed by atoms with Gasteiger partial charge in [0.25, 0.3) is 11.5 Å². The summed E-state index contributed by atoms with van der Waals surface area (Å²) in [5.74, 6) is 0.412. The molecular weight excluding hydrogens is 402 g/mol. The van der Waals surface area contributed by atoms with Gasteiger partial charge in [0.2, 0.25) is 0 Å². The molecule has 156 valence electrons. The fraction of sp³-hybridized carbons (Fsp3) is 0.0400. The zero-order chi connectivity index (χ0) is 22.1. The van der Waals surface area contributed by atoms with Crippen LogP contribution < -0.4 is 10.9 Å². The van der Waals surface area contributed by atoms with Crippen LogP contribution in [0, 0.1) is 6.92 Å². The number of H-pyrrole nitrogens is 2. The van der Waals surface area contributed by atoms with Crippen LogP contribution in [-0.4, -0.2) is 26.1 Å². The summed E-state index contributed by atoms with van der Waals surface area (Å²) in [5, 5.41) is 8.84. The molecular formula is C25H19N5O2. The molecule has 3 N–H and O–H groups in total. The smallest absolute Gasteiger partial charge is 0.276 e. The number of aromatic amines is 2. The summed E-state index contributed by atoms with van der Waals surface area (Å²) in [4.78, 5) is 31.7. The topological polar surface area (TPSA) is 104 Å². The van der Waals surface area contributed by atoms with Gasteiger partial charge < -0.3 is 10.3 Å². The number of aryl methyl sites for hydroxylation is 1. The number of fused-ring (bicyclic) bond motifs is 1. The SMILES string of the molecule is Cc1cccc2[nH]c(-c3cccc(-c4cccc(NC(=O)c5ccc(=O)[nH]n5)c4)c3)nc12. The van der Waals surface area contributed by atoms with Crippen molar-refractivity contribution in [2.75, 3.05) is 5.32 Å². The lowest BCUT2D eigenvalue weighted by Gasteiger charge is -2.08. The number of carbonyl (C=O) groups excluding carboxylic acids is 1. The van der Waals surface area contributed by atoms with Crippen LogP contribution in [0.3, 0.4) is 0 Å². The Morgan fingerprint density at radius 1 is 0.875 bits per heavy atom. The summed E-state index contributed by atoms with van der Waals surface area (Å²) in [6, 6.07) is 24.4. The molecule has 0 aliphatic heterocycles. The number of amides is 1. The molecule has 0 aliphatic carbocycles. The van der Waals surface area contributed by atoms with E-state index in [4.69, 9.17) is 4.98 Å². The second-order valence-corrected chi connectivity index (χ2v) is 7.48. The molecule has 2 aromatic heterocycles. The quantitative estimate of drug-likeness (QED) is 0.396. The number of para-hydroxylation sites is 1. The van der Waals surface area contributed by atoms with Gasteiger partial charge in [-0.05, 0) is 53.9 Å². The normalized spacial score (nSPS) is 10.9. The first kappa shape index (κ1) is 19.4. The summed E-state index contributed by atoms with van der Waals surface area (Å²) in [7, 11) is 0. The van der Waals surface area contributed by atoms with Gasteiger partial charge in [-0.15, -0.1) is 0 Å². The zero-order valence-electron chi connectivity index (χ0n) is 17.2. The summed E-state index contributed by atoms with van der Waals surface area (Å²) >= 11 is 0. The predicted molar refractivity (Wildman–Crippen MR) is 125 cm³/mol. The van der Waals surface area contributed by atoms with Gasteiger partial charge in [0.05, 0.1) is 11.0 Å². The minimum absolute atomic E-state index is 0.136. The molecule has 0 spiro atoms. The van der Waals surface area contributed by atoms with E-state index in [1.165, 1.54) is 12.1 Å². The molecule has 0 saturated heterocycles. The monoisotopic (exact) mass is 421 g/mol. The van der Waals surface area contributed by atoms with Crippen LogP contribution in [0.2, 0.25) is 0 Å². The number of hydrogen-bond acceptors (Lipinski definition) is 4. The third kappa shape index (κ3) is 3.79. The van der Waals surface area contributed by atoms with E-state index in [-0.39, 0.29) is 11.3 Å². The third-order valence-corrected chi connectivity index (χ3v) is 5.22. The second-order valence-electron chi connectivity index (χ2n) is 7.48. The molecule has 7 heteroatoms. The van der Waals surface area contributed by atoms with Crippen molar-refractivity contribution < 1.29 is 4.79 Å². The third-order valence-electron chi connectivity index (χ3n) is 5.22. The highest BCUT2D eigenvalue weighted by molar-refractivity contribution is 6.03. The number of benzene rings is 3. The molecule has 0 fully saturated rings. The van der Waals surface area contributed by atoms with Crippen LogP contribution >= 0.6 is 0 Å². The molecule has 0 radical (unpaired) electrons. The summed E-state index contributed by atoms with van der Waals surface area (Å²) in [5.41, 5.74) is 6.43. The minimum atomic E-state index is -0.398. The van der Waals surface area contributed by atoms with E-state index < -0.39 is 5.91 Å². The van der Waals surface area contributed by atoms with Gasteiger partial charge in [-0.25, -0.2) is 10.1 Å². The Bertz CT molecular complexity index is 1500. The van der Waals surface area contributed by atoms with Crippen molar-refractivity contribution in [3.8, 4) is 22.5 Å². The molecule has 0 saturated carbocycles. The number of aromatic nitrogens is 4. The number of anilines is 1. The van der Waals surface area contributed by atoms with E-state index in [2.05, 4.69) is 26.6 Å². The lowest BCUT2D eigenvalue weighted by Crippen LogP contribution is -2.17. The largest absolute Gasteiger partial charge is 0.338 e. The molecule has 0 unspecified atom stereocenters. The Labute approximate surface area is 183 Å². The fourth-order valence-electron chi connectivity index (χ4n) is 3.60. The van der Waals surface area contributed by atoms with Crippen molar-refractivity contribution >= 4 is 22.6 Å². The molecule has 32 heavy (non-hydrogen) atoms. The van der Waals surface area contributed by atoms with Crippen molar-refractivity contribution in [1.29, 1.82) is 0 Å². The van der Waals surface area contributed by atoms with E-state index in [1.54, 1.807) is 6.07 Å². The van der Waals surface area contributed by atoms with Gasteiger partial charge in [-0.3, -0.25) is 9.59 Å². The Morgan fingerprint density at radius 3 is 2.41 bits per heavy atom. The number of nitrogens with zero attached hydrogens (tertiary/aromatic N) is 2. The Balaban J connectivity index is 1.44. The molecule has 5 rings (SSSR count). The summed E-state index contributed by atoms with van der Waals surface area (Å²) in [6.07, 6.45) is 0.